The van der Waals surface area contributed by atoms with Gasteiger partial charge in [-0.05, 0) is 62.4 Å². The Balaban J connectivity index is 1.99. The molecule has 0 unspecified atom stereocenters. The molecule has 0 saturated carbocycles. The number of hydrogen-bond acceptors (Lipinski definition) is 4. The summed E-state index contributed by atoms with van der Waals surface area (Å²) in [7, 11) is 0. The number of anilines is 1. The number of aromatic nitrogens is 1. The molecule has 5 nitrogen and oxygen atoms in total. The predicted octanol–water partition coefficient (Wildman–Crippen LogP) is 3.13. The second-order valence-electron chi connectivity index (χ2n) is 6.30. The average molecular weight is 403 g/mol. The highest BCUT2D eigenvalue weighted by atomic mass is 127. The lowest BCUT2D eigenvalue weighted by molar-refractivity contribution is 0.0158. The highest BCUT2D eigenvalue weighted by molar-refractivity contribution is 14.1. The number of pyridine rings is 1. The minimum atomic E-state index is -0.453. The molecule has 1 fully saturated rings. The Labute approximate surface area is 139 Å². The third-order valence-electron chi connectivity index (χ3n) is 3.29. The minimum absolute atomic E-state index is 0.106. The number of carbonyl (C=O) groups is 1. The number of ether oxygens (including phenoxy) is 1. The smallest absolute Gasteiger partial charge is 0.410 e. The number of piperazine rings is 1. The molecular formula is C15H22IN3O2. The van der Waals surface area contributed by atoms with Crippen LogP contribution in [0, 0.1) is 3.57 Å². The largest absolute Gasteiger partial charge is 0.444 e. The van der Waals surface area contributed by atoms with Gasteiger partial charge in [-0.3, -0.25) is 0 Å². The Bertz CT molecular complexity index is 499. The van der Waals surface area contributed by atoms with Gasteiger partial charge in [-0.2, -0.15) is 0 Å². The number of halogens is 1. The Morgan fingerprint density at radius 3 is 2.62 bits per heavy atom. The Kier molecular flexibility index (Phi) is 4.95. The maximum absolute atomic E-state index is 12.2. The van der Waals surface area contributed by atoms with Crippen LogP contribution in [0.5, 0.6) is 0 Å². The Hall–Kier alpha value is -1.05. The van der Waals surface area contributed by atoms with Crippen molar-refractivity contribution in [2.75, 3.05) is 24.5 Å². The van der Waals surface area contributed by atoms with Crippen LogP contribution in [0.1, 0.15) is 27.7 Å². The molecule has 1 aliphatic rings. The second kappa shape index (κ2) is 6.37. The van der Waals surface area contributed by atoms with E-state index in [-0.39, 0.29) is 12.1 Å². The summed E-state index contributed by atoms with van der Waals surface area (Å²) in [5.41, 5.74) is -0.453. The lowest BCUT2D eigenvalue weighted by Gasteiger charge is -2.40. The van der Waals surface area contributed by atoms with E-state index in [1.165, 1.54) is 0 Å². The van der Waals surface area contributed by atoms with Gasteiger partial charge in [0.15, 0.2) is 0 Å². The van der Waals surface area contributed by atoms with E-state index in [4.69, 9.17) is 4.74 Å². The third-order valence-corrected chi connectivity index (χ3v) is 3.93. The van der Waals surface area contributed by atoms with Gasteiger partial charge in [0.2, 0.25) is 0 Å². The maximum atomic E-state index is 12.2. The summed E-state index contributed by atoms with van der Waals surface area (Å²) in [5, 5.41) is 0. The predicted molar refractivity (Wildman–Crippen MR) is 91.6 cm³/mol. The highest BCUT2D eigenvalue weighted by Crippen LogP contribution is 2.20. The summed E-state index contributed by atoms with van der Waals surface area (Å²) >= 11 is 2.25. The molecule has 1 aromatic heterocycles. The van der Waals surface area contributed by atoms with E-state index in [0.717, 1.165) is 22.5 Å². The molecule has 0 N–H and O–H groups in total. The minimum Gasteiger partial charge on any atom is -0.444 e. The van der Waals surface area contributed by atoms with Crippen molar-refractivity contribution >= 4 is 34.5 Å². The van der Waals surface area contributed by atoms with Crippen molar-refractivity contribution < 1.29 is 9.53 Å². The maximum Gasteiger partial charge on any atom is 0.410 e. The van der Waals surface area contributed by atoms with Gasteiger partial charge in [0, 0.05) is 35.4 Å². The molecule has 0 radical (unpaired) electrons. The molecule has 1 saturated heterocycles. The molecule has 0 bridgehead atoms. The molecule has 116 valence electrons. The quantitative estimate of drug-likeness (QED) is 0.676. The lowest BCUT2D eigenvalue weighted by Crippen LogP contribution is -2.55. The average Bonchev–Trinajstić information content (AvgIpc) is 2.37. The van der Waals surface area contributed by atoms with Crippen molar-refractivity contribution in [2.24, 2.45) is 0 Å². The second-order valence-corrected chi connectivity index (χ2v) is 7.55. The van der Waals surface area contributed by atoms with Crippen molar-refractivity contribution in [2.45, 2.75) is 39.3 Å². The van der Waals surface area contributed by atoms with Crippen LogP contribution in [0.4, 0.5) is 10.6 Å². The molecule has 1 atom stereocenters. The van der Waals surface area contributed by atoms with E-state index in [1.807, 2.05) is 46.0 Å². The van der Waals surface area contributed by atoms with Crippen LogP contribution in [0.3, 0.4) is 0 Å². The van der Waals surface area contributed by atoms with Crippen molar-refractivity contribution in [1.29, 1.82) is 0 Å². The zero-order valence-electron chi connectivity index (χ0n) is 13.0. The molecule has 1 aliphatic heterocycles. The number of nitrogens with zero attached hydrogens (tertiary/aromatic N) is 3. The molecule has 0 aliphatic carbocycles. The summed E-state index contributed by atoms with van der Waals surface area (Å²) in [5.74, 6) is 0.964. The summed E-state index contributed by atoms with van der Waals surface area (Å²) in [6.07, 6.45) is 1.63. The van der Waals surface area contributed by atoms with Gasteiger partial charge in [0.25, 0.3) is 0 Å². The third kappa shape index (κ3) is 4.46. The van der Waals surface area contributed by atoms with E-state index in [2.05, 4.69) is 32.5 Å². The van der Waals surface area contributed by atoms with E-state index in [9.17, 15) is 4.79 Å². The number of amides is 1. The molecule has 2 heterocycles. The first-order valence-electron chi connectivity index (χ1n) is 7.12. The first-order chi connectivity index (χ1) is 9.76. The molecular weight excluding hydrogens is 381 g/mol. The van der Waals surface area contributed by atoms with Crippen molar-refractivity contribution in [1.82, 2.24) is 9.88 Å². The number of rotatable bonds is 1. The van der Waals surface area contributed by atoms with Crippen molar-refractivity contribution in [3.05, 3.63) is 21.9 Å². The summed E-state index contributed by atoms with van der Waals surface area (Å²) in [4.78, 5) is 20.6. The Morgan fingerprint density at radius 2 is 2.10 bits per heavy atom. The number of hydrogen-bond donors (Lipinski definition) is 0. The molecule has 0 spiro atoms. The summed E-state index contributed by atoms with van der Waals surface area (Å²) in [6, 6.07) is 4.18. The van der Waals surface area contributed by atoms with Crippen LogP contribution < -0.4 is 4.90 Å². The number of carbonyl (C=O) groups excluding carboxylic acids is 1. The molecule has 1 amide bonds. The normalized spacial score (nSPS) is 19.6. The zero-order valence-corrected chi connectivity index (χ0v) is 15.1. The fourth-order valence-corrected chi connectivity index (χ4v) is 2.63. The topological polar surface area (TPSA) is 45.7 Å². The fourth-order valence-electron chi connectivity index (χ4n) is 2.31. The van der Waals surface area contributed by atoms with E-state index >= 15 is 0 Å². The van der Waals surface area contributed by atoms with Crippen LogP contribution in [-0.2, 0) is 4.74 Å². The molecule has 6 heteroatoms. The lowest BCUT2D eigenvalue weighted by atomic mass is 10.2. The van der Waals surface area contributed by atoms with Crippen molar-refractivity contribution in [3.63, 3.8) is 0 Å². The van der Waals surface area contributed by atoms with Crippen LogP contribution in [0.15, 0.2) is 18.3 Å². The van der Waals surface area contributed by atoms with Crippen LogP contribution in [-0.4, -0.2) is 47.3 Å². The standard InChI is InChI=1S/C15H22IN3O2/c1-11-10-18(13-6-5-12(16)9-17-13)7-8-19(11)14(20)21-15(2,3)4/h5-6,9,11H,7-8,10H2,1-4H3/t11-/m0/s1. The van der Waals surface area contributed by atoms with Crippen molar-refractivity contribution in [3.8, 4) is 0 Å². The van der Waals surface area contributed by atoms with Crippen LogP contribution >= 0.6 is 22.6 Å². The van der Waals surface area contributed by atoms with E-state index in [0.29, 0.717) is 6.54 Å². The van der Waals surface area contributed by atoms with Gasteiger partial charge < -0.3 is 14.5 Å². The Morgan fingerprint density at radius 1 is 1.38 bits per heavy atom. The van der Waals surface area contributed by atoms with Gasteiger partial charge >= 0.3 is 6.09 Å². The first-order valence-corrected chi connectivity index (χ1v) is 8.20. The molecule has 1 aromatic rings. The van der Waals surface area contributed by atoms with Gasteiger partial charge in [-0.25, -0.2) is 9.78 Å². The van der Waals surface area contributed by atoms with Gasteiger partial charge in [0.05, 0.1) is 0 Å². The van der Waals surface area contributed by atoms with Crippen LogP contribution in [0.2, 0.25) is 0 Å². The first kappa shape index (κ1) is 16.3. The summed E-state index contributed by atoms with van der Waals surface area (Å²) < 4.78 is 6.58. The van der Waals surface area contributed by atoms with E-state index < -0.39 is 5.60 Å². The van der Waals surface area contributed by atoms with Crippen LogP contribution in [0.25, 0.3) is 0 Å². The molecule has 0 aromatic carbocycles. The monoisotopic (exact) mass is 403 g/mol. The summed E-state index contributed by atoms with van der Waals surface area (Å²) in [6.45, 7) is 9.92. The fraction of sp³-hybridized carbons (Fsp3) is 0.600. The SMILES string of the molecule is C[C@H]1CN(c2ccc(I)cn2)CCN1C(=O)OC(C)(C)C. The zero-order chi connectivity index (χ0) is 15.6. The highest BCUT2D eigenvalue weighted by Gasteiger charge is 2.31. The molecule has 2 rings (SSSR count). The molecule has 21 heavy (non-hydrogen) atoms. The van der Waals surface area contributed by atoms with Gasteiger partial charge in [-0.1, -0.05) is 0 Å². The van der Waals surface area contributed by atoms with Gasteiger partial charge in [-0.15, -0.1) is 0 Å². The van der Waals surface area contributed by atoms with Gasteiger partial charge in [0.1, 0.15) is 11.4 Å². The van der Waals surface area contributed by atoms with E-state index in [1.54, 1.807) is 4.90 Å².